The van der Waals surface area contributed by atoms with E-state index in [4.69, 9.17) is 0 Å². The van der Waals surface area contributed by atoms with Crippen molar-refractivity contribution in [3.8, 4) is 0 Å². The Bertz CT molecular complexity index is 294. The van der Waals surface area contributed by atoms with Gasteiger partial charge in [-0.15, -0.1) is 0 Å². The predicted octanol–water partition coefficient (Wildman–Crippen LogP) is -0.508. The third-order valence-electron chi connectivity index (χ3n) is 1.29. The van der Waals surface area contributed by atoms with Gasteiger partial charge in [0.1, 0.15) is 12.1 Å². The van der Waals surface area contributed by atoms with Crippen LogP contribution in [-0.4, -0.2) is 26.3 Å². The van der Waals surface area contributed by atoms with Gasteiger partial charge in [0, 0.05) is 0 Å². The molecule has 0 saturated carbocycles. The maximum absolute atomic E-state index is 10.2. The zero-order valence-corrected chi connectivity index (χ0v) is 6.19. The molecule has 0 N–H and O–H groups in total. The van der Waals surface area contributed by atoms with Crippen LogP contribution in [0.5, 0.6) is 0 Å². The van der Waals surface area contributed by atoms with E-state index in [1.54, 1.807) is 0 Å². The van der Waals surface area contributed by atoms with Crippen molar-refractivity contribution in [3.63, 3.8) is 0 Å². The second kappa shape index (κ2) is 3.56. The minimum absolute atomic E-state index is 0.0819. The number of nitrogens with zero attached hydrogens (tertiary/aromatic N) is 4. The molecule has 0 radical (unpaired) electrons. The van der Waals surface area contributed by atoms with Gasteiger partial charge in [-0.2, -0.15) is 0 Å². The molecule has 13 heavy (non-hydrogen) atoms. The molecule has 0 spiro atoms. The smallest absolute Gasteiger partial charge is 0.259 e. The molecule has 70 valence electrons. The summed E-state index contributed by atoms with van der Waals surface area (Å²) in [7, 11) is 0. The van der Waals surface area contributed by atoms with Crippen molar-refractivity contribution in [2.75, 3.05) is 0 Å². The second-order valence-corrected chi connectivity index (χ2v) is 2.15. The van der Waals surface area contributed by atoms with Crippen molar-refractivity contribution in [3.05, 3.63) is 32.1 Å². The molecule has 1 heterocycles. The van der Waals surface area contributed by atoms with E-state index in [0.717, 1.165) is 6.20 Å². The maximum Gasteiger partial charge on any atom is 0.456 e. The fourth-order valence-electron chi connectivity index (χ4n) is 0.687. The van der Waals surface area contributed by atoms with Crippen LogP contribution in [0.4, 0.5) is 0 Å². The molecule has 0 atom stereocenters. The van der Waals surface area contributed by atoms with Crippen molar-refractivity contribution >= 4 is 0 Å². The van der Waals surface area contributed by atoms with Gasteiger partial charge in [0.2, 0.25) is 0 Å². The number of rotatable bonds is 4. The molecule has 0 aliphatic carbocycles. The van der Waals surface area contributed by atoms with Gasteiger partial charge in [0.05, 0.1) is 16.0 Å². The van der Waals surface area contributed by atoms with Crippen molar-refractivity contribution in [2.45, 2.75) is 12.6 Å². The van der Waals surface area contributed by atoms with Crippen LogP contribution in [0.25, 0.3) is 0 Å². The summed E-state index contributed by atoms with van der Waals surface area (Å²) >= 11 is 0. The first-order chi connectivity index (χ1) is 6.11. The molecule has 9 heteroatoms. The van der Waals surface area contributed by atoms with E-state index in [9.17, 15) is 20.2 Å². The van der Waals surface area contributed by atoms with Crippen molar-refractivity contribution in [1.29, 1.82) is 0 Å². The minimum Gasteiger partial charge on any atom is -0.259 e. The molecule has 1 aromatic heterocycles. The van der Waals surface area contributed by atoms with E-state index in [1.807, 2.05) is 0 Å². The normalized spacial score (nSPS) is 10.2. The molecule has 0 saturated heterocycles. The summed E-state index contributed by atoms with van der Waals surface area (Å²) in [5.41, 5.74) is 0.0819. The third kappa shape index (κ3) is 2.18. The highest BCUT2D eigenvalue weighted by Crippen LogP contribution is 2.01. The molecule has 0 aliphatic rings. The van der Waals surface area contributed by atoms with Gasteiger partial charge in [0.15, 0.2) is 0 Å². The Morgan fingerprint density at radius 3 is 2.46 bits per heavy atom. The lowest BCUT2D eigenvalue weighted by atomic mass is 10.3. The number of hydrogen-bond donors (Lipinski definition) is 0. The van der Waals surface area contributed by atoms with Crippen molar-refractivity contribution < 1.29 is 14.5 Å². The highest BCUT2D eigenvalue weighted by molar-refractivity contribution is 4.89. The lowest BCUT2D eigenvalue weighted by molar-refractivity contribution is -0.741. The Morgan fingerprint density at radius 1 is 1.46 bits per heavy atom. The Labute approximate surface area is 70.6 Å². The first kappa shape index (κ1) is 9.03. The van der Waals surface area contributed by atoms with Gasteiger partial charge < -0.3 is 0 Å². The Balaban J connectivity index is 2.69. The van der Waals surface area contributed by atoms with Gasteiger partial charge in [-0.3, -0.25) is 20.2 Å². The number of nitro groups is 2. The largest absolute Gasteiger partial charge is 0.456 e. The average Bonchev–Trinajstić information content (AvgIpc) is 2.50. The van der Waals surface area contributed by atoms with Gasteiger partial charge in [-0.25, -0.2) is 4.63 Å². The second-order valence-electron chi connectivity index (χ2n) is 2.15. The van der Waals surface area contributed by atoms with E-state index in [1.165, 1.54) is 0 Å². The van der Waals surface area contributed by atoms with Crippen LogP contribution >= 0.6 is 0 Å². The summed E-state index contributed by atoms with van der Waals surface area (Å²) in [4.78, 5) is 18.3. The zero-order chi connectivity index (χ0) is 9.84. The topological polar surface area (TPSA) is 125 Å². The first-order valence-electron chi connectivity index (χ1n) is 3.14. The van der Waals surface area contributed by atoms with Crippen LogP contribution < -0.4 is 0 Å². The predicted molar refractivity (Wildman–Crippen MR) is 35.8 cm³/mol. The average molecular weight is 188 g/mol. The summed E-state index contributed by atoms with van der Waals surface area (Å²) in [6, 6.07) is 0. The fourth-order valence-corrected chi connectivity index (χ4v) is 0.687. The Kier molecular flexibility index (Phi) is 2.47. The molecule has 0 amide bonds. The molecule has 0 aromatic carbocycles. The molecule has 1 aromatic rings. The third-order valence-corrected chi connectivity index (χ3v) is 1.29. The van der Waals surface area contributed by atoms with E-state index in [2.05, 4.69) is 14.9 Å². The highest BCUT2D eigenvalue weighted by Gasteiger charge is 2.33. The van der Waals surface area contributed by atoms with E-state index >= 15 is 0 Å². The lowest BCUT2D eigenvalue weighted by Gasteiger charge is -1.97. The van der Waals surface area contributed by atoms with Crippen LogP contribution in [0.3, 0.4) is 0 Å². The van der Waals surface area contributed by atoms with Crippen LogP contribution in [0.1, 0.15) is 5.69 Å². The summed E-state index contributed by atoms with van der Waals surface area (Å²) in [6.07, 6.45) is -1.23. The number of aromatic nitrogens is 2. The van der Waals surface area contributed by atoms with Gasteiger partial charge in [-0.1, -0.05) is 10.3 Å². The van der Waals surface area contributed by atoms with Gasteiger partial charge >= 0.3 is 6.17 Å². The highest BCUT2D eigenvalue weighted by atomic mass is 16.7. The van der Waals surface area contributed by atoms with E-state index < -0.39 is 22.4 Å². The maximum atomic E-state index is 10.2. The molecule has 9 nitrogen and oxygen atoms in total. The van der Waals surface area contributed by atoms with Crippen LogP contribution in [-0.2, 0) is 6.42 Å². The molecular weight excluding hydrogens is 184 g/mol. The monoisotopic (exact) mass is 188 g/mol. The summed E-state index contributed by atoms with van der Waals surface area (Å²) < 4.78 is 4.13. The summed E-state index contributed by atoms with van der Waals surface area (Å²) in [5.74, 6) is 0. The van der Waals surface area contributed by atoms with Crippen molar-refractivity contribution in [2.24, 2.45) is 0 Å². The molecule has 0 fully saturated rings. The standard InChI is InChI=1S/C4H4N4O5/c9-7(10)4(8(11)12)1-3-2-5-13-6-3/h2,4H,1H2. The fraction of sp³-hybridized carbons (Fsp3) is 0.500. The zero-order valence-electron chi connectivity index (χ0n) is 6.19. The first-order valence-corrected chi connectivity index (χ1v) is 3.14. The molecule has 0 unspecified atom stereocenters. The van der Waals surface area contributed by atoms with Gasteiger partial charge in [0.25, 0.3) is 0 Å². The quantitative estimate of drug-likeness (QED) is 0.353. The molecular formula is C4H4N4O5. The van der Waals surface area contributed by atoms with Gasteiger partial charge in [-0.05, 0) is 0 Å². The Hall–Kier alpha value is -2.06. The summed E-state index contributed by atoms with van der Waals surface area (Å²) in [6.45, 7) is 0. The molecule has 0 bridgehead atoms. The molecule has 0 aliphatic heterocycles. The van der Waals surface area contributed by atoms with Crippen molar-refractivity contribution in [1.82, 2.24) is 10.3 Å². The number of hydrogen-bond acceptors (Lipinski definition) is 7. The van der Waals surface area contributed by atoms with E-state index in [0.29, 0.717) is 0 Å². The minimum atomic E-state index is -1.90. The SMILES string of the molecule is O=[N+]([O-])C(Cc1cnon1)[N+](=O)[O-]. The molecule has 1 rings (SSSR count). The van der Waals surface area contributed by atoms with Crippen LogP contribution in [0, 0.1) is 20.2 Å². The summed E-state index contributed by atoms with van der Waals surface area (Å²) in [5, 5.41) is 26.7. The van der Waals surface area contributed by atoms with Crippen LogP contribution in [0.15, 0.2) is 10.8 Å². The Morgan fingerprint density at radius 2 is 2.08 bits per heavy atom. The van der Waals surface area contributed by atoms with E-state index in [-0.39, 0.29) is 5.69 Å². The van der Waals surface area contributed by atoms with Crippen LogP contribution in [0.2, 0.25) is 0 Å². The lowest BCUT2D eigenvalue weighted by Crippen LogP contribution is -2.30.